The zero-order valence-corrected chi connectivity index (χ0v) is 14.2. The van der Waals surface area contributed by atoms with Gasteiger partial charge in [-0.3, -0.25) is 14.7 Å². The van der Waals surface area contributed by atoms with Crippen LogP contribution < -0.4 is 0 Å². The molecule has 0 spiro atoms. The van der Waals surface area contributed by atoms with Gasteiger partial charge in [0.1, 0.15) is 0 Å². The number of pyridine rings is 1. The minimum absolute atomic E-state index is 0.249. The summed E-state index contributed by atoms with van der Waals surface area (Å²) >= 11 is 0. The van der Waals surface area contributed by atoms with Crippen molar-refractivity contribution in [1.29, 1.82) is 0 Å². The summed E-state index contributed by atoms with van der Waals surface area (Å²) in [6, 6.07) is 14.3. The Bertz CT molecular complexity index is 619. The highest BCUT2D eigenvalue weighted by Crippen LogP contribution is 2.24. The number of aromatic nitrogens is 1. The number of carbonyl (C=O) groups is 1. The van der Waals surface area contributed by atoms with Gasteiger partial charge in [-0.25, -0.2) is 0 Å². The second kappa shape index (κ2) is 8.74. The van der Waals surface area contributed by atoms with Crippen molar-refractivity contribution in [2.45, 2.75) is 38.6 Å². The van der Waals surface area contributed by atoms with E-state index in [0.29, 0.717) is 6.42 Å². The molecule has 0 bridgehead atoms. The Hall–Kier alpha value is -2.00. The Balaban J connectivity index is 1.35. The van der Waals surface area contributed by atoms with E-state index < -0.39 is 0 Å². The predicted molar refractivity (Wildman–Crippen MR) is 96.9 cm³/mol. The SMILES string of the molecule is O=C(CCCC1CCN(Cc2ccccc2)CC1)c1ccncc1. The van der Waals surface area contributed by atoms with E-state index in [1.165, 1.54) is 37.9 Å². The van der Waals surface area contributed by atoms with E-state index in [1.54, 1.807) is 12.4 Å². The maximum atomic E-state index is 12.1. The van der Waals surface area contributed by atoms with E-state index in [2.05, 4.69) is 40.2 Å². The van der Waals surface area contributed by atoms with Crippen LogP contribution in [0.4, 0.5) is 0 Å². The van der Waals surface area contributed by atoms with Crippen LogP contribution in [0.1, 0.15) is 48.0 Å². The van der Waals surface area contributed by atoms with E-state index >= 15 is 0 Å². The van der Waals surface area contributed by atoms with Crippen LogP contribution in [-0.4, -0.2) is 28.8 Å². The lowest BCUT2D eigenvalue weighted by molar-refractivity contribution is 0.0974. The van der Waals surface area contributed by atoms with Gasteiger partial charge in [-0.15, -0.1) is 0 Å². The van der Waals surface area contributed by atoms with E-state index in [9.17, 15) is 4.79 Å². The van der Waals surface area contributed by atoms with Gasteiger partial charge in [0, 0.05) is 30.9 Å². The molecule has 1 aliphatic heterocycles. The molecule has 0 unspecified atom stereocenters. The first-order chi connectivity index (χ1) is 11.8. The molecule has 0 aliphatic carbocycles. The number of rotatable bonds is 7. The smallest absolute Gasteiger partial charge is 0.162 e. The lowest BCUT2D eigenvalue weighted by atomic mass is 9.90. The summed E-state index contributed by atoms with van der Waals surface area (Å²) in [4.78, 5) is 18.6. The number of piperidine rings is 1. The number of likely N-dealkylation sites (tertiary alicyclic amines) is 1. The quantitative estimate of drug-likeness (QED) is 0.711. The van der Waals surface area contributed by atoms with Crippen LogP contribution in [0.3, 0.4) is 0 Å². The number of ketones is 1. The largest absolute Gasteiger partial charge is 0.299 e. The molecule has 126 valence electrons. The second-order valence-electron chi connectivity index (χ2n) is 6.76. The van der Waals surface area contributed by atoms with Gasteiger partial charge >= 0.3 is 0 Å². The van der Waals surface area contributed by atoms with Crippen LogP contribution >= 0.6 is 0 Å². The third-order valence-corrected chi connectivity index (χ3v) is 4.97. The zero-order valence-electron chi connectivity index (χ0n) is 14.2. The van der Waals surface area contributed by atoms with Gasteiger partial charge in [0.2, 0.25) is 0 Å². The molecular formula is C21H26N2O. The molecule has 1 fully saturated rings. The molecule has 1 saturated heterocycles. The fourth-order valence-corrected chi connectivity index (χ4v) is 3.51. The minimum Gasteiger partial charge on any atom is -0.299 e. The van der Waals surface area contributed by atoms with E-state index in [0.717, 1.165) is 24.4 Å². The van der Waals surface area contributed by atoms with Crippen molar-refractivity contribution in [3.05, 3.63) is 66.0 Å². The Morgan fingerprint density at radius 2 is 1.75 bits per heavy atom. The Morgan fingerprint density at radius 3 is 2.46 bits per heavy atom. The van der Waals surface area contributed by atoms with E-state index in [4.69, 9.17) is 0 Å². The Labute approximate surface area is 144 Å². The summed E-state index contributed by atoms with van der Waals surface area (Å²) in [5.41, 5.74) is 2.20. The third kappa shape index (κ3) is 5.00. The molecule has 2 heterocycles. The van der Waals surface area contributed by atoms with Crippen LogP contribution in [0.25, 0.3) is 0 Å². The summed E-state index contributed by atoms with van der Waals surface area (Å²) in [5, 5.41) is 0. The molecule has 3 heteroatoms. The van der Waals surface area contributed by atoms with Crippen molar-refractivity contribution in [1.82, 2.24) is 9.88 Å². The van der Waals surface area contributed by atoms with Crippen molar-refractivity contribution in [2.24, 2.45) is 5.92 Å². The number of hydrogen-bond acceptors (Lipinski definition) is 3. The molecular weight excluding hydrogens is 296 g/mol. The fourth-order valence-electron chi connectivity index (χ4n) is 3.51. The Morgan fingerprint density at radius 1 is 1.04 bits per heavy atom. The summed E-state index contributed by atoms with van der Waals surface area (Å²) in [5.74, 6) is 1.03. The van der Waals surface area contributed by atoms with Crippen LogP contribution in [0.15, 0.2) is 54.9 Å². The van der Waals surface area contributed by atoms with Gasteiger partial charge in [-0.05, 0) is 62.4 Å². The molecule has 0 saturated carbocycles. The lowest BCUT2D eigenvalue weighted by Crippen LogP contribution is -2.33. The van der Waals surface area contributed by atoms with Gasteiger partial charge in [0.25, 0.3) is 0 Å². The average Bonchev–Trinajstić information content (AvgIpc) is 2.65. The minimum atomic E-state index is 0.249. The van der Waals surface area contributed by atoms with Gasteiger partial charge in [-0.2, -0.15) is 0 Å². The van der Waals surface area contributed by atoms with Crippen molar-refractivity contribution in [2.75, 3.05) is 13.1 Å². The first-order valence-electron chi connectivity index (χ1n) is 9.01. The molecule has 0 N–H and O–H groups in total. The van der Waals surface area contributed by atoms with Crippen molar-refractivity contribution in [3.63, 3.8) is 0 Å². The van der Waals surface area contributed by atoms with Gasteiger partial charge in [0.15, 0.2) is 5.78 Å². The zero-order chi connectivity index (χ0) is 16.6. The summed E-state index contributed by atoms with van der Waals surface area (Å²) in [6.45, 7) is 3.42. The van der Waals surface area contributed by atoms with Crippen LogP contribution in [0.5, 0.6) is 0 Å². The summed E-state index contributed by atoms with van der Waals surface area (Å²) in [7, 11) is 0. The van der Waals surface area contributed by atoms with E-state index in [-0.39, 0.29) is 5.78 Å². The van der Waals surface area contributed by atoms with Gasteiger partial charge in [-0.1, -0.05) is 30.3 Å². The maximum absolute atomic E-state index is 12.1. The summed E-state index contributed by atoms with van der Waals surface area (Å²) < 4.78 is 0. The highest BCUT2D eigenvalue weighted by molar-refractivity contribution is 5.95. The van der Waals surface area contributed by atoms with Crippen molar-refractivity contribution >= 4 is 5.78 Å². The molecule has 0 radical (unpaired) electrons. The van der Waals surface area contributed by atoms with Crippen molar-refractivity contribution < 1.29 is 4.79 Å². The standard InChI is InChI=1S/C21H26N2O/c24-21(20-9-13-22-14-10-20)8-4-7-18-11-15-23(16-12-18)17-19-5-2-1-3-6-19/h1-3,5-6,9-10,13-14,18H,4,7-8,11-12,15-17H2. The van der Waals surface area contributed by atoms with Gasteiger partial charge < -0.3 is 0 Å². The van der Waals surface area contributed by atoms with Crippen LogP contribution in [-0.2, 0) is 6.54 Å². The first kappa shape index (κ1) is 16.8. The molecule has 24 heavy (non-hydrogen) atoms. The van der Waals surface area contributed by atoms with Crippen LogP contribution in [0, 0.1) is 5.92 Å². The molecule has 0 atom stereocenters. The molecule has 1 aliphatic rings. The average molecular weight is 322 g/mol. The number of nitrogens with zero attached hydrogens (tertiary/aromatic N) is 2. The highest BCUT2D eigenvalue weighted by Gasteiger charge is 2.19. The van der Waals surface area contributed by atoms with E-state index in [1.807, 2.05) is 12.1 Å². The maximum Gasteiger partial charge on any atom is 0.162 e. The normalized spacial score (nSPS) is 16.2. The topological polar surface area (TPSA) is 33.2 Å². The second-order valence-corrected chi connectivity index (χ2v) is 6.76. The summed E-state index contributed by atoms with van der Waals surface area (Å²) in [6.07, 6.45) is 8.74. The predicted octanol–water partition coefficient (Wildman–Crippen LogP) is 4.35. The number of Topliss-reactive ketones (excluding diaryl/α,β-unsaturated/α-hetero) is 1. The fraction of sp³-hybridized carbons (Fsp3) is 0.429. The molecule has 2 aromatic rings. The monoisotopic (exact) mass is 322 g/mol. The molecule has 1 aromatic heterocycles. The van der Waals surface area contributed by atoms with Crippen LogP contribution in [0.2, 0.25) is 0 Å². The lowest BCUT2D eigenvalue weighted by Gasteiger charge is -2.32. The number of carbonyl (C=O) groups excluding carboxylic acids is 1. The Kier molecular flexibility index (Phi) is 6.13. The highest BCUT2D eigenvalue weighted by atomic mass is 16.1. The molecule has 3 rings (SSSR count). The van der Waals surface area contributed by atoms with Gasteiger partial charge in [0.05, 0.1) is 0 Å². The molecule has 1 aromatic carbocycles. The number of hydrogen-bond donors (Lipinski definition) is 0. The molecule has 0 amide bonds. The molecule has 3 nitrogen and oxygen atoms in total. The first-order valence-corrected chi connectivity index (χ1v) is 9.01. The third-order valence-electron chi connectivity index (χ3n) is 4.97. The van der Waals surface area contributed by atoms with Crippen molar-refractivity contribution in [3.8, 4) is 0 Å². The number of benzene rings is 1.